The highest BCUT2D eigenvalue weighted by Crippen LogP contribution is 2.38. The minimum absolute atomic E-state index is 0.0668. The third-order valence-electron chi connectivity index (χ3n) is 4.78. The molecule has 2 atom stereocenters. The zero-order valence-electron chi connectivity index (χ0n) is 18.6. The summed E-state index contributed by atoms with van der Waals surface area (Å²) in [6.45, 7) is 0. The molecule has 0 saturated carbocycles. The molecule has 1 aromatic rings. The third-order valence-corrected chi connectivity index (χ3v) is 6.70. The molecule has 2 rings (SSSR count). The van der Waals surface area contributed by atoms with Crippen molar-refractivity contribution in [2.45, 2.75) is 25.2 Å². The van der Waals surface area contributed by atoms with Gasteiger partial charge >= 0.3 is 12.4 Å². The summed E-state index contributed by atoms with van der Waals surface area (Å²) in [6.07, 6.45) is -8.17. The molecular weight excluding hydrogens is 637 g/mol. The lowest BCUT2D eigenvalue weighted by molar-refractivity contribution is -0.166. The van der Waals surface area contributed by atoms with Crippen molar-refractivity contribution in [1.29, 1.82) is 0 Å². The lowest BCUT2D eigenvalue weighted by atomic mass is 9.89. The summed E-state index contributed by atoms with van der Waals surface area (Å²) in [5, 5.41) is 0.256. The first-order valence-corrected chi connectivity index (χ1v) is 12.0. The average Bonchev–Trinajstić information content (AvgIpc) is 2.75. The van der Waals surface area contributed by atoms with E-state index in [-0.39, 0.29) is 37.1 Å². The summed E-state index contributed by atoms with van der Waals surface area (Å²) in [4.78, 5) is 23.9. The number of amides is 2. The van der Waals surface area contributed by atoms with Crippen LogP contribution in [-0.2, 0) is 4.79 Å². The van der Waals surface area contributed by atoms with Crippen molar-refractivity contribution in [2.75, 3.05) is 7.05 Å². The van der Waals surface area contributed by atoms with Gasteiger partial charge in [0, 0.05) is 17.9 Å². The Morgan fingerprint density at radius 3 is 2.43 bits per heavy atom. The zero-order chi connectivity index (χ0) is 28.1. The van der Waals surface area contributed by atoms with Gasteiger partial charge in [-0.25, -0.2) is 0 Å². The van der Waals surface area contributed by atoms with Gasteiger partial charge in [-0.3, -0.25) is 20.0 Å². The van der Waals surface area contributed by atoms with Gasteiger partial charge in [0.25, 0.3) is 5.91 Å². The molecular formula is C23H16BrCl3F6N2O2. The smallest absolute Gasteiger partial charge is 0.273 e. The van der Waals surface area contributed by atoms with Gasteiger partial charge in [0.05, 0.1) is 32.5 Å². The highest BCUT2D eigenvalue weighted by molar-refractivity contribution is 9.10. The second kappa shape index (κ2) is 12.6. The Kier molecular flexibility index (Phi) is 10.6. The van der Waals surface area contributed by atoms with E-state index in [1.807, 2.05) is 5.43 Å². The number of alkyl halides is 6. The Bertz CT molecular complexity index is 1220. The molecule has 0 saturated heterocycles. The van der Waals surface area contributed by atoms with Crippen molar-refractivity contribution in [1.82, 2.24) is 10.4 Å². The molecule has 0 spiro atoms. The van der Waals surface area contributed by atoms with E-state index in [9.17, 15) is 35.9 Å². The minimum atomic E-state index is -4.75. The Hall–Kier alpha value is -2.13. The highest BCUT2D eigenvalue weighted by atomic mass is 79.9. The van der Waals surface area contributed by atoms with Gasteiger partial charge in [0.15, 0.2) is 0 Å². The molecule has 0 radical (unpaired) electrons. The lowest BCUT2D eigenvalue weighted by Crippen LogP contribution is -2.44. The first kappa shape index (κ1) is 31.1. The van der Waals surface area contributed by atoms with Crippen LogP contribution in [0.15, 0.2) is 49.9 Å². The lowest BCUT2D eigenvalue weighted by Gasteiger charge is -2.22. The molecule has 4 nitrogen and oxygen atoms in total. The van der Waals surface area contributed by atoms with Crippen molar-refractivity contribution in [3.63, 3.8) is 0 Å². The predicted octanol–water partition coefficient (Wildman–Crippen LogP) is 7.53. The normalized spacial score (nSPS) is 20.7. The summed E-state index contributed by atoms with van der Waals surface area (Å²) >= 11 is 21.0. The number of halogens is 10. The first-order chi connectivity index (χ1) is 17.0. The molecule has 0 bridgehead atoms. The van der Waals surface area contributed by atoms with Crippen LogP contribution in [0.25, 0.3) is 6.08 Å². The van der Waals surface area contributed by atoms with Gasteiger partial charge in [-0.05, 0) is 39.7 Å². The quantitative estimate of drug-likeness (QED) is 0.203. The van der Waals surface area contributed by atoms with Crippen LogP contribution in [0.5, 0.6) is 0 Å². The van der Waals surface area contributed by atoms with Crippen molar-refractivity contribution >= 4 is 68.6 Å². The van der Waals surface area contributed by atoms with Crippen molar-refractivity contribution in [3.8, 4) is 11.8 Å². The number of allylic oxidation sites excluding steroid dienone is 5. The molecule has 37 heavy (non-hydrogen) atoms. The van der Waals surface area contributed by atoms with Crippen LogP contribution in [0.3, 0.4) is 0 Å². The topological polar surface area (TPSA) is 49.4 Å². The molecule has 0 aliphatic heterocycles. The Balaban J connectivity index is 2.25. The van der Waals surface area contributed by atoms with E-state index in [0.717, 1.165) is 25.3 Å². The SMILES string of the molecule is CN(NC(=O)c1ccc(/C=C/C(C2C#CC/C(Cl)=C(Cl)\C(Cl)=C/2)C(F)(F)F)cc1Br)C(=O)CC(F)(F)F. The number of hydrogen-bond acceptors (Lipinski definition) is 2. The largest absolute Gasteiger partial charge is 0.397 e. The standard InChI is InChI=1S/C23H16BrCl3F6N2O2/c1-35(19(36)11-22(28,29)30)34-21(37)14-7-5-12(9-16(14)24)6-8-15(23(31,32)33)13-3-2-4-17(25)20(27)18(26)10-13/h5-10,13,15H,4,11H2,1H3,(H,34,37)/b8-6+,18-10+,20-17-. The van der Waals surface area contributed by atoms with Gasteiger partial charge < -0.3 is 0 Å². The maximum Gasteiger partial charge on any atom is 0.397 e. The first-order valence-electron chi connectivity index (χ1n) is 10.1. The molecule has 1 N–H and O–H groups in total. The number of carbonyl (C=O) groups excluding carboxylic acids is 2. The van der Waals surface area contributed by atoms with Crippen molar-refractivity contribution < 1.29 is 35.9 Å². The molecule has 2 amide bonds. The Morgan fingerprint density at radius 2 is 1.86 bits per heavy atom. The number of nitrogens with one attached hydrogen (secondary N) is 1. The van der Waals surface area contributed by atoms with Crippen molar-refractivity contribution in [2.24, 2.45) is 11.8 Å². The van der Waals surface area contributed by atoms with E-state index in [1.165, 1.54) is 18.2 Å². The van der Waals surface area contributed by atoms with E-state index in [2.05, 4.69) is 27.8 Å². The van der Waals surface area contributed by atoms with Crippen LogP contribution in [-0.4, -0.2) is 36.2 Å². The van der Waals surface area contributed by atoms with Crippen LogP contribution in [0.2, 0.25) is 0 Å². The van der Waals surface area contributed by atoms with E-state index in [4.69, 9.17) is 34.8 Å². The Labute approximate surface area is 231 Å². The summed E-state index contributed by atoms with van der Waals surface area (Å²) in [5.41, 5.74) is 2.19. The number of hydrogen-bond donors (Lipinski definition) is 1. The number of hydrazine groups is 1. The number of benzene rings is 1. The summed E-state index contributed by atoms with van der Waals surface area (Å²) < 4.78 is 78.8. The van der Waals surface area contributed by atoms with Crippen LogP contribution >= 0.6 is 50.7 Å². The van der Waals surface area contributed by atoms with E-state index < -0.39 is 42.4 Å². The Morgan fingerprint density at radius 1 is 1.22 bits per heavy atom. The predicted molar refractivity (Wildman–Crippen MR) is 132 cm³/mol. The van der Waals surface area contributed by atoms with Crippen molar-refractivity contribution in [3.05, 3.63) is 61.0 Å². The van der Waals surface area contributed by atoms with Gasteiger partial charge in [-0.2, -0.15) is 26.3 Å². The van der Waals surface area contributed by atoms with E-state index in [1.54, 1.807) is 0 Å². The van der Waals surface area contributed by atoms with Gasteiger partial charge in [-0.15, -0.1) is 0 Å². The van der Waals surface area contributed by atoms with Crippen LogP contribution in [0.1, 0.15) is 28.8 Å². The van der Waals surface area contributed by atoms with Gasteiger partial charge in [0.1, 0.15) is 6.42 Å². The molecule has 1 aromatic carbocycles. The number of nitrogens with zero attached hydrogens (tertiary/aromatic N) is 1. The molecule has 14 heteroatoms. The zero-order valence-corrected chi connectivity index (χ0v) is 22.4. The van der Waals surface area contributed by atoms with Crippen LogP contribution < -0.4 is 5.43 Å². The molecule has 2 unspecified atom stereocenters. The van der Waals surface area contributed by atoms with Gasteiger partial charge in [0.2, 0.25) is 5.91 Å². The van der Waals surface area contributed by atoms with E-state index >= 15 is 0 Å². The molecule has 0 heterocycles. The fraction of sp³-hybridized carbons (Fsp3) is 0.304. The monoisotopic (exact) mass is 650 g/mol. The van der Waals surface area contributed by atoms with E-state index in [0.29, 0.717) is 5.01 Å². The summed E-state index contributed by atoms with van der Waals surface area (Å²) in [5.74, 6) is -0.680. The molecule has 1 aliphatic rings. The molecule has 0 aromatic heterocycles. The van der Waals surface area contributed by atoms with Crippen LogP contribution in [0.4, 0.5) is 26.3 Å². The second-order valence-electron chi connectivity index (χ2n) is 7.61. The van der Waals surface area contributed by atoms with Gasteiger partial charge in [-0.1, -0.05) is 64.9 Å². The second-order valence-corrected chi connectivity index (χ2v) is 9.70. The summed E-state index contributed by atoms with van der Waals surface area (Å²) in [7, 11) is 0.949. The minimum Gasteiger partial charge on any atom is -0.273 e. The maximum atomic E-state index is 13.9. The molecule has 0 fully saturated rings. The fourth-order valence-electron chi connectivity index (χ4n) is 2.95. The number of rotatable bonds is 5. The maximum absolute atomic E-state index is 13.9. The highest BCUT2D eigenvalue weighted by Gasteiger charge is 2.42. The molecule has 1 aliphatic carbocycles. The average molecular weight is 653 g/mol. The fourth-order valence-corrected chi connectivity index (χ4v) is 4.12. The third kappa shape index (κ3) is 9.28. The molecule has 200 valence electrons. The van der Waals surface area contributed by atoms with Crippen LogP contribution in [0, 0.1) is 23.7 Å². The summed E-state index contributed by atoms with van der Waals surface area (Å²) in [6, 6.07) is 3.86. The number of carbonyl (C=O) groups is 2.